The second-order valence-corrected chi connectivity index (χ2v) is 9.10. The van der Waals surface area contributed by atoms with Crippen molar-refractivity contribution in [3.63, 3.8) is 0 Å². The molecule has 194 valence electrons. The number of halogens is 3. The highest BCUT2D eigenvalue weighted by atomic mass is 19.4. The van der Waals surface area contributed by atoms with Gasteiger partial charge in [0.05, 0.1) is 18.3 Å². The van der Waals surface area contributed by atoms with Gasteiger partial charge in [-0.25, -0.2) is 4.79 Å². The van der Waals surface area contributed by atoms with Gasteiger partial charge in [0.25, 0.3) is 5.91 Å². The lowest BCUT2D eigenvalue weighted by Gasteiger charge is -2.35. The minimum atomic E-state index is -4.43. The zero-order valence-corrected chi connectivity index (χ0v) is 20.0. The normalized spacial score (nSPS) is 19.6. The third-order valence-corrected chi connectivity index (χ3v) is 6.51. The Labute approximate surface area is 208 Å². The van der Waals surface area contributed by atoms with E-state index < -0.39 is 11.7 Å². The maximum atomic E-state index is 12.8. The van der Waals surface area contributed by atoms with E-state index in [0.717, 1.165) is 30.7 Å². The van der Waals surface area contributed by atoms with E-state index in [2.05, 4.69) is 10.2 Å². The fraction of sp³-hybridized carbons (Fsp3) is 0.462. The van der Waals surface area contributed by atoms with Gasteiger partial charge in [-0.3, -0.25) is 9.69 Å². The number of carbonyl (C=O) groups excluding carboxylic acids is 2. The standard InChI is InChI=1S/C26H31F3N4O3/c27-26(28,29)22-9-7-21(8-10-22)24(34)32-12-4-11-31(13-14-32)18-23-19-33(15-16-36-23)25(35)30-17-20-5-2-1-3-6-20/h1-3,5-10,23H,4,11-19H2,(H,30,35). The van der Waals surface area contributed by atoms with Gasteiger partial charge in [-0.1, -0.05) is 30.3 Å². The number of carbonyl (C=O) groups is 2. The minimum Gasteiger partial charge on any atom is -0.373 e. The molecule has 2 aliphatic rings. The van der Waals surface area contributed by atoms with Crippen LogP contribution in [0.1, 0.15) is 27.9 Å². The molecule has 1 unspecified atom stereocenters. The number of benzene rings is 2. The van der Waals surface area contributed by atoms with Crippen molar-refractivity contribution < 1.29 is 27.5 Å². The number of rotatable bonds is 5. The van der Waals surface area contributed by atoms with Crippen molar-refractivity contribution in [3.8, 4) is 0 Å². The lowest BCUT2D eigenvalue weighted by Crippen LogP contribution is -2.52. The molecule has 3 amide bonds. The number of hydrogen-bond acceptors (Lipinski definition) is 4. The van der Waals surface area contributed by atoms with Crippen LogP contribution in [-0.4, -0.2) is 85.2 Å². The summed E-state index contributed by atoms with van der Waals surface area (Å²) >= 11 is 0. The van der Waals surface area contributed by atoms with Crippen molar-refractivity contribution in [2.45, 2.75) is 25.2 Å². The average molecular weight is 505 g/mol. The van der Waals surface area contributed by atoms with Crippen molar-refractivity contribution in [1.29, 1.82) is 0 Å². The van der Waals surface area contributed by atoms with Crippen molar-refractivity contribution >= 4 is 11.9 Å². The predicted octanol–water partition coefficient (Wildman–Crippen LogP) is 3.46. The third kappa shape index (κ3) is 6.98. The van der Waals surface area contributed by atoms with Gasteiger partial charge in [0.15, 0.2) is 0 Å². The first-order valence-corrected chi connectivity index (χ1v) is 12.2. The lowest BCUT2D eigenvalue weighted by molar-refractivity contribution is -0.137. The zero-order chi connectivity index (χ0) is 25.5. The summed E-state index contributed by atoms with van der Waals surface area (Å²) in [6.07, 6.45) is -3.80. The van der Waals surface area contributed by atoms with Gasteiger partial charge >= 0.3 is 12.2 Å². The predicted molar refractivity (Wildman–Crippen MR) is 128 cm³/mol. The van der Waals surface area contributed by atoms with Crippen LogP contribution >= 0.6 is 0 Å². The fourth-order valence-corrected chi connectivity index (χ4v) is 4.53. The number of nitrogens with one attached hydrogen (secondary N) is 1. The Kier molecular flexibility index (Phi) is 8.48. The molecule has 0 aliphatic carbocycles. The summed E-state index contributed by atoms with van der Waals surface area (Å²) in [6, 6.07) is 14.0. The molecular formula is C26H31F3N4O3. The molecule has 1 N–H and O–H groups in total. The van der Waals surface area contributed by atoms with Gasteiger partial charge < -0.3 is 19.9 Å². The molecule has 4 rings (SSSR count). The molecule has 7 nitrogen and oxygen atoms in total. The number of amides is 3. The van der Waals surface area contributed by atoms with Crippen LogP contribution in [0.15, 0.2) is 54.6 Å². The van der Waals surface area contributed by atoms with Gasteiger partial charge in [0.2, 0.25) is 0 Å². The summed E-state index contributed by atoms with van der Waals surface area (Å²) in [7, 11) is 0. The third-order valence-electron chi connectivity index (χ3n) is 6.51. The number of morpholine rings is 1. The average Bonchev–Trinajstić information content (AvgIpc) is 3.13. The molecule has 2 heterocycles. The Morgan fingerprint density at radius 3 is 2.39 bits per heavy atom. The molecule has 2 aliphatic heterocycles. The van der Waals surface area contributed by atoms with E-state index in [4.69, 9.17) is 4.74 Å². The van der Waals surface area contributed by atoms with E-state index in [1.54, 1.807) is 9.80 Å². The van der Waals surface area contributed by atoms with Gasteiger partial charge in [0, 0.05) is 51.4 Å². The molecule has 10 heteroatoms. The summed E-state index contributed by atoms with van der Waals surface area (Å²) in [5, 5.41) is 2.96. The van der Waals surface area contributed by atoms with Gasteiger partial charge in [-0.2, -0.15) is 13.2 Å². The molecule has 0 spiro atoms. The number of hydrogen-bond donors (Lipinski definition) is 1. The van der Waals surface area contributed by atoms with Crippen molar-refractivity contribution in [3.05, 3.63) is 71.3 Å². The van der Waals surface area contributed by atoms with Crippen LogP contribution in [0, 0.1) is 0 Å². The molecule has 2 saturated heterocycles. The lowest BCUT2D eigenvalue weighted by atomic mass is 10.1. The van der Waals surface area contributed by atoms with Crippen LogP contribution in [0.5, 0.6) is 0 Å². The Balaban J connectivity index is 1.25. The first-order valence-electron chi connectivity index (χ1n) is 12.2. The van der Waals surface area contributed by atoms with Gasteiger partial charge in [0.1, 0.15) is 0 Å². The van der Waals surface area contributed by atoms with E-state index in [-0.39, 0.29) is 23.6 Å². The summed E-state index contributed by atoms with van der Waals surface area (Å²) in [4.78, 5) is 31.2. The number of urea groups is 1. The molecule has 2 aromatic carbocycles. The Morgan fingerprint density at radius 2 is 1.67 bits per heavy atom. The van der Waals surface area contributed by atoms with Crippen molar-refractivity contribution in [2.24, 2.45) is 0 Å². The Morgan fingerprint density at radius 1 is 0.917 bits per heavy atom. The molecule has 36 heavy (non-hydrogen) atoms. The van der Waals surface area contributed by atoms with Crippen molar-refractivity contribution in [1.82, 2.24) is 20.0 Å². The fourth-order valence-electron chi connectivity index (χ4n) is 4.53. The SMILES string of the molecule is O=C(NCc1ccccc1)N1CCOC(CN2CCCN(C(=O)c3ccc(C(F)(F)F)cc3)CC2)C1. The molecule has 2 fully saturated rings. The highest BCUT2D eigenvalue weighted by molar-refractivity contribution is 5.94. The molecule has 0 aromatic heterocycles. The first kappa shape index (κ1) is 26.0. The smallest absolute Gasteiger partial charge is 0.373 e. The minimum absolute atomic E-state index is 0.115. The Bertz CT molecular complexity index is 1020. The highest BCUT2D eigenvalue weighted by Gasteiger charge is 2.31. The largest absolute Gasteiger partial charge is 0.416 e. The summed E-state index contributed by atoms with van der Waals surface area (Å²) in [6.45, 7) is 5.03. The van der Waals surface area contributed by atoms with Gasteiger partial charge in [-0.15, -0.1) is 0 Å². The molecule has 0 bridgehead atoms. The van der Waals surface area contributed by atoms with E-state index in [0.29, 0.717) is 52.4 Å². The quantitative estimate of drug-likeness (QED) is 0.678. The van der Waals surface area contributed by atoms with E-state index in [9.17, 15) is 22.8 Å². The van der Waals surface area contributed by atoms with Crippen LogP contribution in [0.2, 0.25) is 0 Å². The van der Waals surface area contributed by atoms with E-state index >= 15 is 0 Å². The van der Waals surface area contributed by atoms with Crippen LogP contribution in [0.3, 0.4) is 0 Å². The molecule has 2 aromatic rings. The van der Waals surface area contributed by atoms with E-state index in [1.807, 2.05) is 30.3 Å². The zero-order valence-electron chi connectivity index (χ0n) is 20.0. The number of ether oxygens (including phenoxy) is 1. The Hall–Kier alpha value is -3.11. The van der Waals surface area contributed by atoms with Crippen LogP contribution in [-0.2, 0) is 17.5 Å². The van der Waals surface area contributed by atoms with E-state index in [1.165, 1.54) is 12.1 Å². The molecule has 0 saturated carbocycles. The molecule has 1 atom stereocenters. The number of alkyl halides is 3. The number of nitrogens with zero attached hydrogens (tertiary/aromatic N) is 3. The first-order chi connectivity index (χ1) is 17.3. The monoisotopic (exact) mass is 504 g/mol. The topological polar surface area (TPSA) is 65.1 Å². The van der Waals surface area contributed by atoms with Crippen LogP contribution < -0.4 is 5.32 Å². The molecular weight excluding hydrogens is 473 g/mol. The maximum absolute atomic E-state index is 12.8. The van der Waals surface area contributed by atoms with Crippen LogP contribution in [0.4, 0.5) is 18.0 Å². The summed E-state index contributed by atoms with van der Waals surface area (Å²) in [5.74, 6) is -0.263. The van der Waals surface area contributed by atoms with Crippen molar-refractivity contribution in [2.75, 3.05) is 52.4 Å². The maximum Gasteiger partial charge on any atom is 0.416 e. The van der Waals surface area contributed by atoms with Crippen LogP contribution in [0.25, 0.3) is 0 Å². The highest BCUT2D eigenvalue weighted by Crippen LogP contribution is 2.29. The summed E-state index contributed by atoms with van der Waals surface area (Å²) in [5.41, 5.74) is 0.524. The molecule has 0 radical (unpaired) electrons. The summed E-state index contributed by atoms with van der Waals surface area (Å²) < 4.78 is 44.3. The second kappa shape index (κ2) is 11.7. The second-order valence-electron chi connectivity index (χ2n) is 9.10. The van der Waals surface area contributed by atoms with Gasteiger partial charge in [-0.05, 0) is 42.8 Å².